The Morgan fingerprint density at radius 1 is 1.24 bits per heavy atom. The standard InChI is InChI=1S/C16H24N4S/c1-4-12-8-13-14(19-16(17)20-15(13)21-12)18-11-6-9(2)5-10(3)7-11/h8-11H,4-7H2,1-3H3,(H3,17,18,19,20). The normalized spacial score (nSPS) is 26.1. The summed E-state index contributed by atoms with van der Waals surface area (Å²) < 4.78 is 0. The van der Waals surface area contributed by atoms with E-state index in [1.165, 1.54) is 24.1 Å². The molecular formula is C16H24N4S. The fourth-order valence-electron chi connectivity index (χ4n) is 3.53. The lowest BCUT2D eigenvalue weighted by Gasteiger charge is -2.32. The third-order valence-electron chi connectivity index (χ3n) is 4.33. The lowest BCUT2D eigenvalue weighted by atomic mass is 9.80. The van der Waals surface area contributed by atoms with Gasteiger partial charge in [-0.25, -0.2) is 4.98 Å². The highest BCUT2D eigenvalue weighted by atomic mass is 32.1. The molecule has 3 N–H and O–H groups in total. The molecule has 3 rings (SSSR count). The molecule has 0 radical (unpaired) electrons. The zero-order chi connectivity index (χ0) is 15.0. The summed E-state index contributed by atoms with van der Waals surface area (Å²) in [6, 6.07) is 2.70. The molecule has 0 bridgehead atoms. The average molecular weight is 304 g/mol. The van der Waals surface area contributed by atoms with E-state index in [0.29, 0.717) is 12.0 Å². The number of anilines is 2. The number of hydrogen-bond acceptors (Lipinski definition) is 5. The maximum absolute atomic E-state index is 5.88. The number of nitrogen functional groups attached to an aromatic ring is 1. The molecule has 0 aliphatic heterocycles. The van der Waals surface area contributed by atoms with Crippen LogP contribution in [0.15, 0.2) is 6.07 Å². The van der Waals surface area contributed by atoms with Gasteiger partial charge < -0.3 is 11.1 Å². The van der Waals surface area contributed by atoms with E-state index in [1.54, 1.807) is 11.3 Å². The van der Waals surface area contributed by atoms with Gasteiger partial charge in [-0.2, -0.15) is 4.98 Å². The van der Waals surface area contributed by atoms with Gasteiger partial charge in [-0.3, -0.25) is 0 Å². The number of fused-ring (bicyclic) bond motifs is 1. The van der Waals surface area contributed by atoms with Gasteiger partial charge in [0.1, 0.15) is 10.6 Å². The van der Waals surface area contributed by atoms with Crippen molar-refractivity contribution in [3.05, 3.63) is 10.9 Å². The highest BCUT2D eigenvalue weighted by Crippen LogP contribution is 2.34. The predicted octanol–water partition coefficient (Wildman–Crippen LogP) is 4.07. The number of nitrogens with one attached hydrogen (secondary N) is 1. The Balaban J connectivity index is 1.90. The minimum absolute atomic E-state index is 0.367. The average Bonchev–Trinajstić information content (AvgIpc) is 2.80. The van der Waals surface area contributed by atoms with Gasteiger partial charge in [-0.05, 0) is 43.6 Å². The Morgan fingerprint density at radius 3 is 2.62 bits per heavy atom. The van der Waals surface area contributed by atoms with Crippen LogP contribution in [0.1, 0.15) is 44.9 Å². The Hall–Kier alpha value is -1.36. The van der Waals surface area contributed by atoms with E-state index < -0.39 is 0 Å². The maximum atomic E-state index is 5.88. The fourth-order valence-corrected chi connectivity index (χ4v) is 4.50. The van der Waals surface area contributed by atoms with Crippen LogP contribution in [-0.4, -0.2) is 16.0 Å². The van der Waals surface area contributed by atoms with Gasteiger partial charge >= 0.3 is 0 Å². The van der Waals surface area contributed by atoms with Crippen LogP contribution < -0.4 is 11.1 Å². The molecule has 4 nitrogen and oxygen atoms in total. The van der Waals surface area contributed by atoms with Crippen molar-refractivity contribution in [3.8, 4) is 0 Å². The van der Waals surface area contributed by atoms with Gasteiger partial charge in [-0.15, -0.1) is 11.3 Å². The third-order valence-corrected chi connectivity index (χ3v) is 5.50. The zero-order valence-corrected chi connectivity index (χ0v) is 13.8. The minimum atomic E-state index is 0.367. The van der Waals surface area contributed by atoms with Gasteiger partial charge in [-0.1, -0.05) is 20.8 Å². The maximum Gasteiger partial charge on any atom is 0.223 e. The Bertz CT molecular complexity index is 626. The third kappa shape index (κ3) is 3.12. The first-order valence-corrected chi connectivity index (χ1v) is 8.69. The Kier molecular flexibility index (Phi) is 4.02. The van der Waals surface area contributed by atoms with E-state index in [-0.39, 0.29) is 0 Å². The molecular weight excluding hydrogens is 280 g/mol. The van der Waals surface area contributed by atoms with Crippen LogP contribution in [0.25, 0.3) is 10.2 Å². The van der Waals surface area contributed by atoms with Gasteiger partial charge in [0, 0.05) is 10.9 Å². The molecule has 2 aromatic rings. The molecule has 1 saturated carbocycles. The molecule has 1 fully saturated rings. The SMILES string of the molecule is CCc1cc2c(NC3CC(C)CC(C)C3)nc(N)nc2s1. The Morgan fingerprint density at radius 2 is 1.95 bits per heavy atom. The second kappa shape index (κ2) is 5.79. The second-order valence-electron chi connectivity index (χ2n) is 6.47. The van der Waals surface area contributed by atoms with E-state index in [0.717, 1.165) is 34.3 Å². The summed E-state index contributed by atoms with van der Waals surface area (Å²) in [5.41, 5.74) is 5.88. The van der Waals surface area contributed by atoms with Crippen molar-refractivity contribution in [3.63, 3.8) is 0 Å². The fraction of sp³-hybridized carbons (Fsp3) is 0.625. The summed E-state index contributed by atoms with van der Waals surface area (Å²) in [4.78, 5) is 11.2. The molecule has 1 aliphatic rings. The number of thiophene rings is 1. The number of nitrogens with zero attached hydrogens (tertiary/aromatic N) is 2. The van der Waals surface area contributed by atoms with E-state index >= 15 is 0 Å². The van der Waals surface area contributed by atoms with Crippen molar-refractivity contribution < 1.29 is 0 Å². The summed E-state index contributed by atoms with van der Waals surface area (Å²) >= 11 is 1.72. The van der Waals surface area contributed by atoms with Crippen LogP contribution in [-0.2, 0) is 6.42 Å². The van der Waals surface area contributed by atoms with Crippen molar-refractivity contribution in [1.82, 2.24) is 9.97 Å². The number of aryl methyl sites for hydroxylation is 1. The number of aromatic nitrogens is 2. The zero-order valence-electron chi connectivity index (χ0n) is 13.0. The smallest absolute Gasteiger partial charge is 0.223 e. The van der Waals surface area contributed by atoms with E-state index in [1.807, 2.05) is 0 Å². The number of hydrogen-bond donors (Lipinski definition) is 2. The van der Waals surface area contributed by atoms with Crippen LogP contribution in [0, 0.1) is 11.8 Å². The summed E-state index contributed by atoms with van der Waals surface area (Å²) in [5, 5.41) is 4.76. The van der Waals surface area contributed by atoms with E-state index in [4.69, 9.17) is 5.73 Å². The van der Waals surface area contributed by atoms with Gasteiger partial charge in [0.25, 0.3) is 0 Å². The highest BCUT2D eigenvalue weighted by Gasteiger charge is 2.25. The molecule has 0 amide bonds. The van der Waals surface area contributed by atoms with Crippen molar-refractivity contribution in [1.29, 1.82) is 0 Å². The molecule has 2 heterocycles. The quantitative estimate of drug-likeness (QED) is 0.897. The van der Waals surface area contributed by atoms with E-state index in [2.05, 4.69) is 42.1 Å². The molecule has 0 saturated heterocycles. The topological polar surface area (TPSA) is 63.8 Å². The molecule has 5 heteroatoms. The molecule has 2 atom stereocenters. The Labute approximate surface area is 130 Å². The summed E-state index contributed by atoms with van der Waals surface area (Å²) in [5.74, 6) is 2.83. The number of nitrogens with two attached hydrogens (primary N) is 1. The van der Waals surface area contributed by atoms with Crippen LogP contribution in [0.2, 0.25) is 0 Å². The van der Waals surface area contributed by atoms with Crippen molar-refractivity contribution >= 4 is 33.3 Å². The summed E-state index contributed by atoms with van der Waals surface area (Å²) in [6.45, 7) is 6.85. The molecule has 2 aromatic heterocycles. The molecule has 2 unspecified atom stereocenters. The first-order valence-electron chi connectivity index (χ1n) is 7.87. The molecule has 114 valence electrons. The van der Waals surface area contributed by atoms with Crippen molar-refractivity contribution in [2.24, 2.45) is 11.8 Å². The van der Waals surface area contributed by atoms with Gasteiger partial charge in [0.05, 0.1) is 5.39 Å². The monoisotopic (exact) mass is 304 g/mol. The molecule has 0 aromatic carbocycles. The number of rotatable bonds is 3. The van der Waals surface area contributed by atoms with Crippen molar-refractivity contribution in [2.45, 2.75) is 52.5 Å². The summed E-state index contributed by atoms with van der Waals surface area (Å²) in [7, 11) is 0. The van der Waals surface area contributed by atoms with Crippen molar-refractivity contribution in [2.75, 3.05) is 11.1 Å². The van der Waals surface area contributed by atoms with Gasteiger partial charge in [0.2, 0.25) is 5.95 Å². The second-order valence-corrected chi connectivity index (χ2v) is 7.59. The molecule has 0 spiro atoms. The van der Waals surface area contributed by atoms with Crippen LogP contribution in [0.4, 0.5) is 11.8 Å². The first kappa shape index (κ1) is 14.6. The predicted molar refractivity (Wildman–Crippen MR) is 90.8 cm³/mol. The lowest BCUT2D eigenvalue weighted by Crippen LogP contribution is -2.30. The van der Waals surface area contributed by atoms with Crippen LogP contribution >= 0.6 is 11.3 Å². The largest absolute Gasteiger partial charge is 0.368 e. The van der Waals surface area contributed by atoms with Gasteiger partial charge in [0.15, 0.2) is 0 Å². The highest BCUT2D eigenvalue weighted by molar-refractivity contribution is 7.18. The molecule has 21 heavy (non-hydrogen) atoms. The first-order chi connectivity index (χ1) is 10.0. The van der Waals surface area contributed by atoms with Crippen LogP contribution in [0.3, 0.4) is 0 Å². The van der Waals surface area contributed by atoms with Crippen LogP contribution in [0.5, 0.6) is 0 Å². The minimum Gasteiger partial charge on any atom is -0.368 e. The lowest BCUT2D eigenvalue weighted by molar-refractivity contribution is 0.280. The molecule has 1 aliphatic carbocycles. The summed E-state index contributed by atoms with van der Waals surface area (Å²) in [6.07, 6.45) is 4.77. The van der Waals surface area contributed by atoms with E-state index in [9.17, 15) is 0 Å².